The molecule has 0 spiro atoms. The lowest BCUT2D eigenvalue weighted by molar-refractivity contribution is -0.137. The Labute approximate surface area is 132 Å². The lowest BCUT2D eigenvalue weighted by atomic mass is 10.1. The average molecular weight is 303 g/mol. The third-order valence-electron chi connectivity index (χ3n) is 4.24. The van der Waals surface area contributed by atoms with Crippen molar-refractivity contribution in [1.82, 2.24) is 15.1 Å². The molecular weight excluding hydrogens is 278 g/mol. The van der Waals surface area contributed by atoms with Gasteiger partial charge in [-0.1, -0.05) is 31.2 Å². The van der Waals surface area contributed by atoms with E-state index in [1.165, 1.54) is 5.56 Å². The van der Waals surface area contributed by atoms with Crippen molar-refractivity contribution in [2.45, 2.75) is 32.4 Å². The van der Waals surface area contributed by atoms with Crippen molar-refractivity contribution in [3.8, 4) is 0 Å². The number of nitrogens with zero attached hydrogens (tertiary/aromatic N) is 2. The lowest BCUT2D eigenvalue weighted by Gasteiger charge is -2.32. The first-order valence-corrected chi connectivity index (χ1v) is 7.81. The summed E-state index contributed by atoms with van der Waals surface area (Å²) in [5, 5.41) is 2.82. The fourth-order valence-corrected chi connectivity index (χ4v) is 2.64. The van der Waals surface area contributed by atoms with E-state index in [1.54, 1.807) is 11.9 Å². The van der Waals surface area contributed by atoms with E-state index < -0.39 is 0 Å². The largest absolute Gasteiger partial charge is 0.353 e. The van der Waals surface area contributed by atoms with E-state index in [9.17, 15) is 9.59 Å². The van der Waals surface area contributed by atoms with E-state index in [0.717, 1.165) is 18.5 Å². The number of aryl methyl sites for hydroxylation is 1. The van der Waals surface area contributed by atoms with Crippen LogP contribution in [-0.4, -0.2) is 54.8 Å². The predicted molar refractivity (Wildman–Crippen MR) is 86.3 cm³/mol. The van der Waals surface area contributed by atoms with Gasteiger partial charge in [0.25, 0.3) is 0 Å². The van der Waals surface area contributed by atoms with Crippen LogP contribution >= 0.6 is 0 Å². The summed E-state index contributed by atoms with van der Waals surface area (Å²) in [7, 11) is 3.68. The molecule has 2 amide bonds. The smallest absolute Gasteiger partial charge is 0.237 e. The van der Waals surface area contributed by atoms with Crippen LogP contribution in [0.15, 0.2) is 24.3 Å². The molecule has 1 unspecified atom stereocenters. The summed E-state index contributed by atoms with van der Waals surface area (Å²) in [5.74, 6) is -0.0590. The minimum Gasteiger partial charge on any atom is -0.353 e. The van der Waals surface area contributed by atoms with Crippen LogP contribution < -0.4 is 5.32 Å². The standard InChI is InChI=1S/C17H25N3O2/c1-4-13-5-7-14(8-6-13)12-20(3)16(21)11-15-17(22)18-9-10-19(15)2/h5-8,15H,4,9-12H2,1-3H3,(H,18,22). The Hall–Kier alpha value is -1.88. The van der Waals surface area contributed by atoms with Gasteiger partial charge < -0.3 is 10.2 Å². The SMILES string of the molecule is CCc1ccc(CN(C)C(=O)CC2C(=O)NCCN2C)cc1. The highest BCUT2D eigenvalue weighted by Crippen LogP contribution is 2.11. The highest BCUT2D eigenvalue weighted by molar-refractivity contribution is 5.88. The Morgan fingerprint density at radius 1 is 1.32 bits per heavy atom. The molecule has 1 aliphatic heterocycles. The second kappa shape index (κ2) is 7.40. The topological polar surface area (TPSA) is 52.7 Å². The molecule has 1 fully saturated rings. The van der Waals surface area contributed by atoms with Crippen LogP contribution in [0.4, 0.5) is 0 Å². The van der Waals surface area contributed by atoms with E-state index in [-0.39, 0.29) is 24.3 Å². The van der Waals surface area contributed by atoms with Crippen LogP contribution in [0.1, 0.15) is 24.5 Å². The number of piperazine rings is 1. The van der Waals surface area contributed by atoms with Gasteiger partial charge in [-0.3, -0.25) is 14.5 Å². The molecule has 120 valence electrons. The van der Waals surface area contributed by atoms with Crippen LogP contribution in [0.25, 0.3) is 0 Å². The Bertz CT molecular complexity index is 527. The van der Waals surface area contributed by atoms with Crippen molar-refractivity contribution in [3.63, 3.8) is 0 Å². The summed E-state index contributed by atoms with van der Waals surface area (Å²) in [5.41, 5.74) is 2.40. The summed E-state index contributed by atoms with van der Waals surface area (Å²) in [4.78, 5) is 27.9. The monoisotopic (exact) mass is 303 g/mol. The van der Waals surface area contributed by atoms with Gasteiger partial charge in [-0.05, 0) is 24.6 Å². The zero-order valence-corrected chi connectivity index (χ0v) is 13.6. The third-order valence-corrected chi connectivity index (χ3v) is 4.24. The maximum Gasteiger partial charge on any atom is 0.237 e. The van der Waals surface area contributed by atoms with Crippen molar-refractivity contribution in [3.05, 3.63) is 35.4 Å². The highest BCUT2D eigenvalue weighted by Gasteiger charge is 2.29. The second-order valence-corrected chi connectivity index (χ2v) is 5.91. The highest BCUT2D eigenvalue weighted by atomic mass is 16.2. The minimum atomic E-state index is -0.355. The van der Waals surface area contributed by atoms with Gasteiger partial charge in [-0.25, -0.2) is 0 Å². The van der Waals surface area contributed by atoms with Gasteiger partial charge in [0.15, 0.2) is 0 Å². The molecule has 0 radical (unpaired) electrons. The number of carbonyl (C=O) groups is 2. The van der Waals surface area contributed by atoms with Crippen LogP contribution in [0.5, 0.6) is 0 Å². The van der Waals surface area contributed by atoms with Crippen molar-refractivity contribution in [2.75, 3.05) is 27.2 Å². The molecule has 2 rings (SSSR count). The number of nitrogens with one attached hydrogen (secondary N) is 1. The second-order valence-electron chi connectivity index (χ2n) is 5.91. The van der Waals surface area contributed by atoms with Crippen molar-refractivity contribution < 1.29 is 9.59 Å². The van der Waals surface area contributed by atoms with Gasteiger partial charge in [0.05, 0.1) is 12.5 Å². The summed E-state index contributed by atoms with van der Waals surface area (Å²) >= 11 is 0. The summed E-state index contributed by atoms with van der Waals surface area (Å²) in [6.07, 6.45) is 1.24. The molecule has 5 nitrogen and oxygen atoms in total. The molecule has 0 aromatic heterocycles. The molecule has 1 saturated heterocycles. The maximum atomic E-state index is 12.3. The quantitative estimate of drug-likeness (QED) is 0.884. The number of carbonyl (C=O) groups excluding carboxylic acids is 2. The normalized spacial score (nSPS) is 18.9. The van der Waals surface area contributed by atoms with E-state index in [0.29, 0.717) is 13.1 Å². The summed E-state index contributed by atoms with van der Waals surface area (Å²) < 4.78 is 0. The van der Waals surface area contributed by atoms with Crippen LogP contribution in [0, 0.1) is 0 Å². The summed E-state index contributed by atoms with van der Waals surface area (Å²) in [6.45, 7) is 4.13. The molecule has 1 N–H and O–H groups in total. The summed E-state index contributed by atoms with van der Waals surface area (Å²) in [6, 6.07) is 7.95. The fourth-order valence-electron chi connectivity index (χ4n) is 2.64. The number of hydrogen-bond acceptors (Lipinski definition) is 3. The zero-order valence-electron chi connectivity index (χ0n) is 13.6. The van der Waals surface area contributed by atoms with Crippen molar-refractivity contribution in [2.24, 2.45) is 0 Å². The molecule has 5 heteroatoms. The Kier molecular flexibility index (Phi) is 5.55. The van der Waals surface area contributed by atoms with Gasteiger partial charge in [0.1, 0.15) is 0 Å². The van der Waals surface area contributed by atoms with Gasteiger partial charge in [-0.15, -0.1) is 0 Å². The first-order valence-electron chi connectivity index (χ1n) is 7.81. The van der Waals surface area contributed by atoms with Crippen molar-refractivity contribution >= 4 is 11.8 Å². The minimum absolute atomic E-state index is 0.00605. The van der Waals surface area contributed by atoms with E-state index >= 15 is 0 Å². The Morgan fingerprint density at radius 2 is 1.95 bits per heavy atom. The molecule has 1 aromatic carbocycles. The van der Waals surface area contributed by atoms with Crippen LogP contribution in [-0.2, 0) is 22.6 Å². The molecular formula is C17H25N3O2. The number of rotatable bonds is 5. The number of amides is 2. The van der Waals surface area contributed by atoms with Gasteiger partial charge >= 0.3 is 0 Å². The molecule has 0 aliphatic carbocycles. The Balaban J connectivity index is 1.92. The first kappa shape index (κ1) is 16.5. The third kappa shape index (κ3) is 4.07. The Morgan fingerprint density at radius 3 is 2.55 bits per heavy atom. The molecule has 22 heavy (non-hydrogen) atoms. The number of hydrogen-bond donors (Lipinski definition) is 1. The van der Waals surface area contributed by atoms with E-state index in [1.807, 2.05) is 11.9 Å². The maximum absolute atomic E-state index is 12.3. The number of likely N-dealkylation sites (N-methyl/N-ethyl adjacent to an activating group) is 1. The molecule has 1 heterocycles. The van der Waals surface area contributed by atoms with Gasteiger partial charge in [-0.2, -0.15) is 0 Å². The van der Waals surface area contributed by atoms with Gasteiger partial charge in [0.2, 0.25) is 11.8 Å². The first-order chi connectivity index (χ1) is 10.5. The molecule has 1 atom stereocenters. The fraction of sp³-hybridized carbons (Fsp3) is 0.529. The molecule has 1 aliphatic rings. The predicted octanol–water partition coefficient (Wildman–Crippen LogP) is 1.03. The van der Waals surface area contributed by atoms with E-state index in [2.05, 4.69) is 36.5 Å². The molecule has 0 saturated carbocycles. The van der Waals surface area contributed by atoms with E-state index in [4.69, 9.17) is 0 Å². The van der Waals surface area contributed by atoms with Gasteiger partial charge in [0, 0.05) is 26.7 Å². The number of benzene rings is 1. The molecule has 1 aromatic rings. The molecule has 0 bridgehead atoms. The van der Waals surface area contributed by atoms with Crippen LogP contribution in [0.2, 0.25) is 0 Å². The van der Waals surface area contributed by atoms with Crippen LogP contribution in [0.3, 0.4) is 0 Å². The lowest BCUT2D eigenvalue weighted by Crippen LogP contribution is -2.54. The average Bonchev–Trinajstić information content (AvgIpc) is 2.51. The van der Waals surface area contributed by atoms with Crippen molar-refractivity contribution in [1.29, 1.82) is 0 Å². The zero-order chi connectivity index (χ0) is 16.1.